The number of aryl methyl sites for hydroxylation is 1. The zero-order valence-corrected chi connectivity index (χ0v) is 24.6. The van der Waals surface area contributed by atoms with Gasteiger partial charge in [-0.1, -0.05) is 53.2 Å². The molecule has 0 fully saturated rings. The number of halogens is 2. The third-order valence-corrected chi connectivity index (χ3v) is 6.94. The van der Waals surface area contributed by atoms with Gasteiger partial charge in [0.05, 0.1) is 28.4 Å². The summed E-state index contributed by atoms with van der Waals surface area (Å²) in [6.07, 6.45) is 0. The monoisotopic (exact) mass is 581 g/mol. The third-order valence-electron chi connectivity index (χ3n) is 5.41. The SMILES string of the molecule is COc1ccc(Cl)cc1NC(=O)c1cc2ccccc2c(N=Nc2cc(C)c(S(=O)(=O)O)cc2Cl)c1[O-].[Na+]. The Morgan fingerprint density at radius 2 is 1.76 bits per heavy atom. The van der Waals surface area contributed by atoms with Crippen LogP contribution in [-0.2, 0) is 10.1 Å². The van der Waals surface area contributed by atoms with Crippen LogP contribution in [0.15, 0.2) is 75.8 Å². The molecule has 0 saturated heterocycles. The largest absolute Gasteiger partial charge is 1.00 e. The fourth-order valence-corrected chi connectivity index (χ4v) is 4.82. The minimum atomic E-state index is -4.49. The van der Waals surface area contributed by atoms with Crippen LogP contribution < -0.4 is 44.7 Å². The second kappa shape index (κ2) is 12.0. The summed E-state index contributed by atoms with van der Waals surface area (Å²) in [5.74, 6) is -1.05. The fourth-order valence-electron chi connectivity index (χ4n) is 3.65. The summed E-state index contributed by atoms with van der Waals surface area (Å²) in [7, 11) is -3.06. The molecule has 4 aromatic carbocycles. The Morgan fingerprint density at radius 3 is 2.45 bits per heavy atom. The molecular weight excluding hydrogens is 564 g/mol. The van der Waals surface area contributed by atoms with Gasteiger partial charge in [-0.3, -0.25) is 9.35 Å². The molecule has 2 N–H and O–H groups in total. The average Bonchev–Trinajstić information content (AvgIpc) is 2.84. The summed E-state index contributed by atoms with van der Waals surface area (Å²) in [4.78, 5) is 12.8. The molecule has 13 heteroatoms. The first-order valence-corrected chi connectivity index (χ1v) is 12.8. The van der Waals surface area contributed by atoms with Crippen LogP contribution in [0.1, 0.15) is 15.9 Å². The zero-order valence-electron chi connectivity index (χ0n) is 20.3. The second-order valence-electron chi connectivity index (χ2n) is 7.87. The second-order valence-corrected chi connectivity index (χ2v) is 10.1. The minimum Gasteiger partial charge on any atom is -0.870 e. The number of carbonyl (C=O) groups excluding carboxylic acids is 1. The molecule has 0 heterocycles. The van der Waals surface area contributed by atoms with Crippen LogP contribution in [0.25, 0.3) is 10.8 Å². The topological polar surface area (TPSA) is 140 Å². The van der Waals surface area contributed by atoms with Crippen LogP contribution >= 0.6 is 23.2 Å². The van der Waals surface area contributed by atoms with Crippen molar-refractivity contribution >= 4 is 67.1 Å². The van der Waals surface area contributed by atoms with Gasteiger partial charge in [-0.2, -0.15) is 13.5 Å². The number of fused-ring (bicyclic) bond motifs is 1. The molecule has 0 aliphatic carbocycles. The van der Waals surface area contributed by atoms with E-state index in [-0.39, 0.29) is 67.7 Å². The number of nitrogens with one attached hydrogen (secondary N) is 1. The minimum absolute atomic E-state index is 0. The molecule has 4 aromatic rings. The molecule has 0 spiro atoms. The Morgan fingerprint density at radius 1 is 1.05 bits per heavy atom. The standard InChI is InChI=1S/C25H19Cl2N3O6S.Na/c1-13-9-19(18(27)12-22(13)37(33,34)35)29-30-23-16-6-4-3-5-14(16)10-17(24(23)31)25(32)28-20-11-15(26)7-8-21(20)36-2;/h3-12,31H,1-2H3,(H,28,32)(H,33,34,35);/q;+1/p-1. The summed E-state index contributed by atoms with van der Waals surface area (Å²) in [5.41, 5.74) is 0.203. The Hall–Kier alpha value is -2.70. The maximum absolute atomic E-state index is 13.4. The van der Waals surface area contributed by atoms with Gasteiger partial charge >= 0.3 is 29.6 Å². The Bertz CT molecular complexity index is 1700. The quantitative estimate of drug-likeness (QED) is 0.203. The first kappa shape index (κ1) is 29.9. The molecule has 1 amide bonds. The van der Waals surface area contributed by atoms with Crippen LogP contribution in [0.3, 0.4) is 0 Å². The first-order valence-electron chi connectivity index (χ1n) is 10.6. The summed E-state index contributed by atoms with van der Waals surface area (Å²) in [6, 6.07) is 15.3. The number of nitrogens with zero attached hydrogens (tertiary/aromatic N) is 2. The van der Waals surface area contributed by atoms with Gasteiger partial charge in [0.2, 0.25) is 0 Å². The number of hydrogen-bond acceptors (Lipinski definition) is 7. The molecule has 0 bridgehead atoms. The van der Waals surface area contributed by atoms with Crippen LogP contribution in [0, 0.1) is 6.92 Å². The van der Waals surface area contributed by atoms with Crippen molar-refractivity contribution in [2.75, 3.05) is 12.4 Å². The van der Waals surface area contributed by atoms with E-state index in [1.54, 1.807) is 36.4 Å². The van der Waals surface area contributed by atoms with Gasteiger partial charge in [0.25, 0.3) is 16.0 Å². The van der Waals surface area contributed by atoms with Gasteiger partial charge in [-0.25, -0.2) is 0 Å². The van der Waals surface area contributed by atoms with E-state index < -0.39 is 21.8 Å². The van der Waals surface area contributed by atoms with Gasteiger partial charge in [-0.05, 0) is 54.3 Å². The molecular formula is C25H18Cl2N3NaO6S. The maximum atomic E-state index is 13.4. The van der Waals surface area contributed by atoms with Crippen molar-refractivity contribution in [2.45, 2.75) is 11.8 Å². The first-order chi connectivity index (χ1) is 17.5. The molecule has 0 aromatic heterocycles. The van der Waals surface area contributed by atoms with Crippen molar-refractivity contribution in [3.05, 3.63) is 81.8 Å². The number of ether oxygens (including phenoxy) is 1. The molecule has 9 nitrogen and oxygen atoms in total. The van der Waals surface area contributed by atoms with Crippen molar-refractivity contribution in [3.8, 4) is 11.5 Å². The smallest absolute Gasteiger partial charge is 0.870 e. The van der Waals surface area contributed by atoms with E-state index in [0.29, 0.717) is 21.5 Å². The molecule has 190 valence electrons. The van der Waals surface area contributed by atoms with Gasteiger partial charge in [0.15, 0.2) is 0 Å². The molecule has 0 aliphatic heterocycles. The molecule has 0 atom stereocenters. The summed E-state index contributed by atoms with van der Waals surface area (Å²) in [6.45, 7) is 1.45. The predicted molar refractivity (Wildman–Crippen MR) is 140 cm³/mol. The molecule has 38 heavy (non-hydrogen) atoms. The van der Waals surface area contributed by atoms with E-state index in [1.807, 2.05) is 0 Å². The number of benzene rings is 4. The van der Waals surface area contributed by atoms with E-state index in [9.17, 15) is 22.9 Å². The zero-order chi connectivity index (χ0) is 26.9. The van der Waals surface area contributed by atoms with E-state index in [2.05, 4.69) is 15.5 Å². The van der Waals surface area contributed by atoms with Gasteiger partial charge in [0.1, 0.15) is 11.4 Å². The number of anilines is 1. The molecule has 0 radical (unpaired) electrons. The summed E-state index contributed by atoms with van der Waals surface area (Å²) >= 11 is 12.2. The van der Waals surface area contributed by atoms with E-state index >= 15 is 0 Å². The number of azo groups is 1. The predicted octanol–water partition coefficient (Wildman–Crippen LogP) is 3.46. The van der Waals surface area contributed by atoms with Crippen molar-refractivity contribution in [1.29, 1.82) is 0 Å². The van der Waals surface area contributed by atoms with Crippen molar-refractivity contribution < 1.29 is 57.2 Å². The Labute approximate surface area is 250 Å². The third kappa shape index (κ3) is 6.29. The van der Waals surface area contributed by atoms with Gasteiger partial charge in [0, 0.05) is 16.0 Å². The molecule has 0 unspecified atom stereocenters. The Kier molecular flexibility index (Phi) is 9.43. The van der Waals surface area contributed by atoms with Crippen LogP contribution in [0.2, 0.25) is 10.0 Å². The van der Waals surface area contributed by atoms with E-state index in [0.717, 1.165) is 6.07 Å². The number of methoxy groups -OCH3 is 1. The maximum Gasteiger partial charge on any atom is 1.00 e. The van der Waals surface area contributed by atoms with E-state index in [4.69, 9.17) is 27.9 Å². The Balaban J connectivity index is 0.00000400. The molecule has 0 aliphatic rings. The number of rotatable bonds is 6. The average molecular weight is 582 g/mol. The normalized spacial score (nSPS) is 11.4. The fraction of sp³-hybridized carbons (Fsp3) is 0.0800. The number of amides is 1. The van der Waals surface area contributed by atoms with Crippen molar-refractivity contribution in [1.82, 2.24) is 0 Å². The summed E-state index contributed by atoms with van der Waals surface area (Å²) in [5, 5.41) is 25.4. The summed E-state index contributed by atoms with van der Waals surface area (Å²) < 4.78 is 37.7. The number of carbonyl (C=O) groups is 1. The molecule has 0 saturated carbocycles. The van der Waals surface area contributed by atoms with E-state index in [1.165, 1.54) is 32.2 Å². The molecule has 4 rings (SSSR count). The van der Waals surface area contributed by atoms with Gasteiger partial charge in [-0.15, -0.1) is 5.11 Å². The van der Waals surface area contributed by atoms with Crippen LogP contribution in [-0.4, -0.2) is 26.0 Å². The van der Waals surface area contributed by atoms with Crippen molar-refractivity contribution in [2.24, 2.45) is 10.2 Å². The van der Waals surface area contributed by atoms with Crippen LogP contribution in [0.4, 0.5) is 17.1 Å². The van der Waals surface area contributed by atoms with Crippen LogP contribution in [0.5, 0.6) is 11.5 Å². The van der Waals surface area contributed by atoms with Crippen molar-refractivity contribution in [3.63, 3.8) is 0 Å². The van der Waals surface area contributed by atoms with Gasteiger partial charge < -0.3 is 15.2 Å². The number of hydrogen-bond donors (Lipinski definition) is 2.